The third kappa shape index (κ3) is 6.68. The number of anilines is 1. The average molecular weight is 621 g/mol. The van der Waals surface area contributed by atoms with Crippen LogP contribution < -0.4 is 14.5 Å². The number of para-hydroxylation sites is 1. The maximum atomic E-state index is 14.1. The molecule has 230 valence electrons. The summed E-state index contributed by atoms with van der Waals surface area (Å²) in [6.45, 7) is 8.23. The maximum absolute atomic E-state index is 14.1. The van der Waals surface area contributed by atoms with E-state index < -0.39 is 15.9 Å². The Balaban J connectivity index is 1.45. The van der Waals surface area contributed by atoms with Gasteiger partial charge in [0.15, 0.2) is 0 Å². The van der Waals surface area contributed by atoms with Crippen LogP contribution in [0, 0.1) is 27.7 Å². The third-order valence-electron chi connectivity index (χ3n) is 7.82. The highest BCUT2D eigenvalue weighted by atomic mass is 32.2. The van der Waals surface area contributed by atoms with Gasteiger partial charge in [0.2, 0.25) is 0 Å². The molecule has 0 radical (unpaired) electrons. The van der Waals surface area contributed by atoms with Crippen molar-refractivity contribution in [2.24, 2.45) is 5.10 Å². The highest BCUT2D eigenvalue weighted by Gasteiger charge is 2.28. The molecule has 1 amide bonds. The van der Waals surface area contributed by atoms with Crippen LogP contribution in [0.2, 0.25) is 0 Å². The fraction of sp³-hybridized carbons (Fsp3) is 0.167. The molecule has 5 aromatic rings. The standard InChI is InChI=1S/C36H36N4O4S/c1-25-15-16-31(21-26(25)2)40-27(3)22-30(28(40)4)23-37-38-36(41)34-13-9-10-14-35(34)39(24-29-11-7-6-8-12-29)45(42,43)33-19-17-32(44-5)18-20-33/h6-23H,24H2,1-5H3,(H,38,41)/b37-23-. The van der Waals surface area contributed by atoms with Crippen molar-refractivity contribution in [2.45, 2.75) is 39.1 Å². The molecule has 0 aliphatic rings. The van der Waals surface area contributed by atoms with Crippen molar-refractivity contribution in [1.29, 1.82) is 0 Å². The highest BCUT2D eigenvalue weighted by Crippen LogP contribution is 2.30. The molecule has 0 saturated heterocycles. The summed E-state index contributed by atoms with van der Waals surface area (Å²) < 4.78 is 36.7. The van der Waals surface area contributed by atoms with Crippen LogP contribution in [0.3, 0.4) is 0 Å². The number of hydrogen-bond donors (Lipinski definition) is 1. The lowest BCUT2D eigenvalue weighted by atomic mass is 10.1. The van der Waals surface area contributed by atoms with Gasteiger partial charge in [-0.15, -0.1) is 0 Å². The molecule has 0 atom stereocenters. The molecule has 5 rings (SSSR count). The lowest BCUT2D eigenvalue weighted by Crippen LogP contribution is -2.33. The Bertz CT molecular complexity index is 1960. The summed E-state index contributed by atoms with van der Waals surface area (Å²) in [6, 6.07) is 30.4. The molecule has 1 N–H and O–H groups in total. The number of hydrazone groups is 1. The average Bonchev–Trinajstić information content (AvgIpc) is 3.33. The minimum atomic E-state index is -4.08. The van der Waals surface area contributed by atoms with Crippen molar-refractivity contribution < 1.29 is 17.9 Å². The van der Waals surface area contributed by atoms with E-state index in [0.29, 0.717) is 5.75 Å². The van der Waals surface area contributed by atoms with E-state index in [9.17, 15) is 13.2 Å². The van der Waals surface area contributed by atoms with E-state index >= 15 is 0 Å². The monoisotopic (exact) mass is 620 g/mol. The first-order chi connectivity index (χ1) is 21.6. The largest absolute Gasteiger partial charge is 0.497 e. The van der Waals surface area contributed by atoms with Gasteiger partial charge in [0.1, 0.15) is 5.75 Å². The molecule has 0 aliphatic carbocycles. The maximum Gasteiger partial charge on any atom is 0.273 e. The van der Waals surface area contributed by atoms with E-state index in [1.807, 2.05) is 50.2 Å². The smallest absolute Gasteiger partial charge is 0.273 e. The van der Waals surface area contributed by atoms with Crippen molar-refractivity contribution in [3.05, 3.63) is 142 Å². The summed E-state index contributed by atoms with van der Waals surface area (Å²) in [5.41, 5.74) is 10.1. The van der Waals surface area contributed by atoms with Crippen molar-refractivity contribution in [2.75, 3.05) is 11.4 Å². The van der Waals surface area contributed by atoms with Crippen LogP contribution >= 0.6 is 0 Å². The SMILES string of the molecule is COc1ccc(S(=O)(=O)N(Cc2ccccc2)c2ccccc2C(=O)N/N=C\c2cc(C)n(-c3ccc(C)c(C)c3)c2C)cc1. The second-order valence-electron chi connectivity index (χ2n) is 10.8. The second-order valence-corrected chi connectivity index (χ2v) is 12.7. The second kappa shape index (κ2) is 13.2. The summed E-state index contributed by atoms with van der Waals surface area (Å²) in [6.07, 6.45) is 1.61. The Morgan fingerprint density at radius 1 is 0.867 bits per heavy atom. The lowest BCUT2D eigenvalue weighted by Gasteiger charge is -2.26. The molecule has 0 unspecified atom stereocenters. The molecule has 9 heteroatoms. The predicted molar refractivity (Wildman–Crippen MR) is 179 cm³/mol. The number of carbonyl (C=O) groups excluding carboxylic acids is 1. The normalized spacial score (nSPS) is 11.5. The zero-order valence-corrected chi connectivity index (χ0v) is 26.8. The summed E-state index contributed by atoms with van der Waals surface area (Å²) in [4.78, 5) is 13.6. The number of rotatable bonds is 10. The first kappa shape index (κ1) is 31.3. The number of hydrogen-bond acceptors (Lipinski definition) is 5. The Kier molecular flexibility index (Phi) is 9.20. The van der Waals surface area contributed by atoms with E-state index in [2.05, 4.69) is 47.1 Å². The molecular formula is C36H36N4O4S. The van der Waals surface area contributed by atoms with Gasteiger partial charge in [-0.25, -0.2) is 13.8 Å². The quantitative estimate of drug-likeness (QED) is 0.136. The van der Waals surface area contributed by atoms with E-state index in [0.717, 1.165) is 28.2 Å². The van der Waals surface area contributed by atoms with Gasteiger partial charge in [0.05, 0.1) is 36.0 Å². The Morgan fingerprint density at radius 2 is 1.56 bits per heavy atom. The third-order valence-corrected chi connectivity index (χ3v) is 9.60. The van der Waals surface area contributed by atoms with Crippen molar-refractivity contribution in [1.82, 2.24) is 9.99 Å². The Labute approximate surface area is 264 Å². The molecule has 8 nitrogen and oxygen atoms in total. The van der Waals surface area contributed by atoms with Gasteiger partial charge < -0.3 is 9.30 Å². The van der Waals surface area contributed by atoms with Gasteiger partial charge in [-0.1, -0.05) is 48.5 Å². The number of aryl methyl sites for hydroxylation is 3. The number of amides is 1. The topological polar surface area (TPSA) is 93.0 Å². The van der Waals surface area contributed by atoms with Crippen LogP contribution in [0.1, 0.15) is 44.0 Å². The van der Waals surface area contributed by atoms with Gasteiger partial charge in [-0.2, -0.15) is 5.10 Å². The van der Waals surface area contributed by atoms with Crippen molar-refractivity contribution in [3.8, 4) is 11.4 Å². The van der Waals surface area contributed by atoms with Crippen LogP contribution in [0.4, 0.5) is 5.69 Å². The number of ether oxygens (including phenoxy) is 1. The number of methoxy groups -OCH3 is 1. The minimum Gasteiger partial charge on any atom is -0.497 e. The van der Waals surface area contributed by atoms with Gasteiger partial charge in [0.25, 0.3) is 15.9 Å². The predicted octanol–water partition coefficient (Wildman–Crippen LogP) is 6.88. The number of benzene rings is 4. The molecule has 0 saturated carbocycles. The summed E-state index contributed by atoms with van der Waals surface area (Å²) in [5.74, 6) is 0.00348. The summed E-state index contributed by atoms with van der Waals surface area (Å²) in [5, 5.41) is 4.26. The molecular weight excluding hydrogens is 584 g/mol. The Morgan fingerprint density at radius 3 is 2.24 bits per heavy atom. The molecule has 0 bridgehead atoms. The number of sulfonamides is 1. The van der Waals surface area contributed by atoms with Gasteiger partial charge >= 0.3 is 0 Å². The van der Waals surface area contributed by atoms with Crippen molar-refractivity contribution in [3.63, 3.8) is 0 Å². The molecule has 0 spiro atoms. The van der Waals surface area contributed by atoms with E-state index in [1.165, 1.54) is 34.7 Å². The van der Waals surface area contributed by atoms with Crippen LogP contribution in [-0.2, 0) is 16.6 Å². The number of nitrogens with one attached hydrogen (secondary N) is 1. The fourth-order valence-corrected chi connectivity index (χ4v) is 6.68. The van der Waals surface area contributed by atoms with Crippen LogP contribution in [0.5, 0.6) is 5.75 Å². The van der Waals surface area contributed by atoms with Gasteiger partial charge in [-0.3, -0.25) is 9.10 Å². The van der Waals surface area contributed by atoms with Gasteiger partial charge in [-0.05, 0) is 99.0 Å². The zero-order chi connectivity index (χ0) is 32.1. The molecule has 0 fully saturated rings. The zero-order valence-electron chi connectivity index (χ0n) is 26.0. The fourth-order valence-electron chi connectivity index (χ4n) is 5.21. The molecule has 0 aliphatic heterocycles. The van der Waals surface area contributed by atoms with Crippen LogP contribution in [0.25, 0.3) is 5.69 Å². The molecule has 1 heterocycles. The first-order valence-electron chi connectivity index (χ1n) is 14.5. The van der Waals surface area contributed by atoms with E-state index in [4.69, 9.17) is 4.74 Å². The number of aromatic nitrogens is 1. The van der Waals surface area contributed by atoms with Crippen molar-refractivity contribution >= 4 is 27.8 Å². The Hall–Kier alpha value is -5.15. The minimum absolute atomic E-state index is 0.0211. The van der Waals surface area contributed by atoms with Crippen LogP contribution in [-0.4, -0.2) is 32.2 Å². The molecule has 4 aromatic carbocycles. The highest BCUT2D eigenvalue weighted by molar-refractivity contribution is 7.92. The van der Waals surface area contributed by atoms with Crippen LogP contribution in [0.15, 0.2) is 113 Å². The number of carbonyl (C=O) groups is 1. The van der Waals surface area contributed by atoms with E-state index in [-0.39, 0.29) is 22.7 Å². The summed E-state index contributed by atoms with van der Waals surface area (Å²) in [7, 11) is -2.56. The lowest BCUT2D eigenvalue weighted by molar-refractivity contribution is 0.0955. The summed E-state index contributed by atoms with van der Waals surface area (Å²) >= 11 is 0. The van der Waals surface area contributed by atoms with E-state index in [1.54, 1.807) is 42.6 Å². The molecule has 1 aromatic heterocycles. The first-order valence-corrected chi connectivity index (χ1v) is 15.9. The van der Waals surface area contributed by atoms with Gasteiger partial charge in [0, 0.05) is 22.6 Å². The molecule has 45 heavy (non-hydrogen) atoms. The number of nitrogens with zero attached hydrogens (tertiary/aromatic N) is 3.